The van der Waals surface area contributed by atoms with E-state index in [0.29, 0.717) is 26.4 Å². The van der Waals surface area contributed by atoms with Crippen LogP contribution >= 0.6 is 34.8 Å². The molecular formula is C17H15Cl3N2O2. The number of anilines is 2. The van der Waals surface area contributed by atoms with Crippen molar-refractivity contribution in [3.63, 3.8) is 0 Å². The van der Waals surface area contributed by atoms with Crippen molar-refractivity contribution in [2.75, 3.05) is 16.8 Å². The third-order valence-corrected chi connectivity index (χ3v) is 4.20. The molecule has 2 rings (SSSR count). The molecule has 2 aromatic rings. The molecule has 7 heteroatoms. The lowest BCUT2D eigenvalue weighted by atomic mass is 10.1. The second-order valence-electron chi connectivity index (χ2n) is 5.20. The molecule has 0 aliphatic rings. The Hall–Kier alpha value is -1.75. The molecule has 0 atom stereocenters. The molecule has 126 valence electrons. The highest BCUT2D eigenvalue weighted by Crippen LogP contribution is 2.27. The lowest BCUT2D eigenvalue weighted by molar-refractivity contribution is -0.120. The fraction of sp³-hybridized carbons (Fsp3) is 0.176. The van der Waals surface area contributed by atoms with Crippen molar-refractivity contribution in [1.29, 1.82) is 0 Å². The van der Waals surface area contributed by atoms with Crippen molar-refractivity contribution < 1.29 is 9.59 Å². The zero-order chi connectivity index (χ0) is 17.9. The molecule has 2 amide bonds. The smallest absolute Gasteiger partial charge is 0.244 e. The first-order valence-electron chi connectivity index (χ1n) is 7.07. The number of hydrogen-bond acceptors (Lipinski definition) is 2. The Morgan fingerprint density at radius 2 is 1.71 bits per heavy atom. The van der Waals surface area contributed by atoms with Gasteiger partial charge in [0.1, 0.15) is 6.54 Å². The minimum absolute atomic E-state index is 0.152. The summed E-state index contributed by atoms with van der Waals surface area (Å²) < 4.78 is 0. The summed E-state index contributed by atoms with van der Waals surface area (Å²) in [5.41, 5.74) is 1.78. The van der Waals surface area contributed by atoms with E-state index in [-0.39, 0.29) is 18.4 Å². The van der Waals surface area contributed by atoms with Crippen molar-refractivity contribution in [3.05, 3.63) is 57.0 Å². The maximum absolute atomic E-state index is 12.3. The van der Waals surface area contributed by atoms with Gasteiger partial charge in [0.05, 0.1) is 0 Å². The van der Waals surface area contributed by atoms with Gasteiger partial charge in [0.25, 0.3) is 0 Å². The molecule has 0 saturated carbocycles. The summed E-state index contributed by atoms with van der Waals surface area (Å²) in [7, 11) is 0. The first-order chi connectivity index (χ1) is 11.3. The predicted octanol–water partition coefficient (Wildman–Crippen LogP) is 4.95. The van der Waals surface area contributed by atoms with Gasteiger partial charge < -0.3 is 10.2 Å². The molecule has 0 heterocycles. The minimum Gasteiger partial charge on any atom is -0.324 e. The molecule has 0 spiro atoms. The van der Waals surface area contributed by atoms with Crippen molar-refractivity contribution in [2.45, 2.75) is 13.8 Å². The van der Waals surface area contributed by atoms with Gasteiger partial charge in [0, 0.05) is 33.4 Å². The topological polar surface area (TPSA) is 49.4 Å². The van der Waals surface area contributed by atoms with Gasteiger partial charge in [-0.15, -0.1) is 0 Å². The standard InChI is InChI=1S/C17H15Cl3N2O2/c1-10-15(20)4-3-5-16(10)22(11(2)23)9-17(24)21-14-7-12(18)6-13(19)8-14/h3-8H,9H2,1-2H3,(H,21,24). The Morgan fingerprint density at radius 3 is 2.29 bits per heavy atom. The number of amides is 2. The van der Waals surface area contributed by atoms with Crippen molar-refractivity contribution in [3.8, 4) is 0 Å². The highest BCUT2D eigenvalue weighted by Gasteiger charge is 2.18. The third-order valence-electron chi connectivity index (χ3n) is 3.36. The summed E-state index contributed by atoms with van der Waals surface area (Å²) in [5.74, 6) is -0.637. The molecular weight excluding hydrogens is 371 g/mol. The largest absolute Gasteiger partial charge is 0.324 e. The first kappa shape index (κ1) is 18.6. The fourth-order valence-electron chi connectivity index (χ4n) is 2.22. The van der Waals surface area contributed by atoms with E-state index in [0.717, 1.165) is 5.56 Å². The first-order valence-corrected chi connectivity index (χ1v) is 8.20. The quantitative estimate of drug-likeness (QED) is 0.810. The van der Waals surface area contributed by atoms with Crippen molar-refractivity contribution in [2.24, 2.45) is 0 Å². The highest BCUT2D eigenvalue weighted by atomic mass is 35.5. The monoisotopic (exact) mass is 384 g/mol. The Labute approximate surface area is 155 Å². The van der Waals surface area contributed by atoms with E-state index < -0.39 is 0 Å². The predicted molar refractivity (Wildman–Crippen MR) is 99.3 cm³/mol. The lowest BCUT2D eigenvalue weighted by Gasteiger charge is -2.23. The van der Waals surface area contributed by atoms with E-state index in [1.54, 1.807) is 43.3 Å². The lowest BCUT2D eigenvalue weighted by Crippen LogP contribution is -2.37. The fourth-order valence-corrected chi connectivity index (χ4v) is 2.92. The third kappa shape index (κ3) is 4.63. The van der Waals surface area contributed by atoms with Gasteiger partial charge in [-0.2, -0.15) is 0 Å². The highest BCUT2D eigenvalue weighted by molar-refractivity contribution is 6.35. The van der Waals surface area contributed by atoms with Crippen LogP contribution in [0, 0.1) is 6.92 Å². The van der Waals surface area contributed by atoms with Gasteiger partial charge in [-0.25, -0.2) is 0 Å². The Balaban J connectivity index is 2.20. The minimum atomic E-state index is -0.372. The molecule has 0 unspecified atom stereocenters. The SMILES string of the molecule is CC(=O)N(CC(=O)Nc1cc(Cl)cc(Cl)c1)c1cccc(Cl)c1C. The Bertz CT molecular complexity index is 773. The van der Waals surface area contributed by atoms with E-state index in [1.807, 2.05) is 0 Å². The summed E-state index contributed by atoms with van der Waals surface area (Å²) in [6.07, 6.45) is 0. The van der Waals surface area contributed by atoms with Gasteiger partial charge in [-0.3, -0.25) is 9.59 Å². The zero-order valence-electron chi connectivity index (χ0n) is 13.1. The molecule has 0 fully saturated rings. The average Bonchev–Trinajstić information content (AvgIpc) is 2.46. The molecule has 4 nitrogen and oxygen atoms in total. The van der Waals surface area contributed by atoms with Gasteiger partial charge in [-0.1, -0.05) is 40.9 Å². The second kappa shape index (κ2) is 7.88. The average molecular weight is 386 g/mol. The second-order valence-corrected chi connectivity index (χ2v) is 6.48. The number of nitrogens with zero attached hydrogens (tertiary/aromatic N) is 1. The summed E-state index contributed by atoms with van der Waals surface area (Å²) in [5, 5.41) is 4.02. The van der Waals surface area contributed by atoms with E-state index in [9.17, 15) is 9.59 Å². The molecule has 0 aromatic heterocycles. The van der Waals surface area contributed by atoms with Crippen LogP contribution in [0.4, 0.5) is 11.4 Å². The van der Waals surface area contributed by atoms with Gasteiger partial charge in [-0.05, 0) is 42.8 Å². The van der Waals surface area contributed by atoms with Crippen LogP contribution in [-0.2, 0) is 9.59 Å². The number of carbonyl (C=O) groups excluding carboxylic acids is 2. The normalized spacial score (nSPS) is 10.4. The van der Waals surface area contributed by atoms with E-state index in [4.69, 9.17) is 34.8 Å². The van der Waals surface area contributed by atoms with Crippen molar-refractivity contribution in [1.82, 2.24) is 0 Å². The number of halogens is 3. The van der Waals surface area contributed by atoms with Crippen molar-refractivity contribution >= 4 is 58.0 Å². The van der Waals surface area contributed by atoms with E-state index in [1.165, 1.54) is 11.8 Å². The van der Waals surface area contributed by atoms with Crippen LogP contribution in [0.15, 0.2) is 36.4 Å². The van der Waals surface area contributed by atoms with Crippen LogP contribution < -0.4 is 10.2 Å². The molecule has 0 bridgehead atoms. The zero-order valence-corrected chi connectivity index (χ0v) is 15.3. The van der Waals surface area contributed by atoms with Crippen LogP contribution in [0.2, 0.25) is 15.1 Å². The number of nitrogens with one attached hydrogen (secondary N) is 1. The molecule has 24 heavy (non-hydrogen) atoms. The maximum atomic E-state index is 12.3. The molecule has 1 N–H and O–H groups in total. The Morgan fingerprint density at radius 1 is 1.08 bits per heavy atom. The van der Waals surface area contributed by atoms with Crippen LogP contribution in [0.3, 0.4) is 0 Å². The van der Waals surface area contributed by atoms with Crippen LogP contribution in [-0.4, -0.2) is 18.4 Å². The number of carbonyl (C=O) groups is 2. The summed E-state index contributed by atoms with van der Waals surface area (Å²) in [4.78, 5) is 25.6. The van der Waals surface area contributed by atoms with Gasteiger partial charge in [0.2, 0.25) is 11.8 Å². The Kier molecular flexibility index (Phi) is 6.10. The molecule has 0 radical (unpaired) electrons. The van der Waals surface area contributed by atoms with Crippen LogP contribution in [0.1, 0.15) is 12.5 Å². The van der Waals surface area contributed by atoms with Crippen LogP contribution in [0.25, 0.3) is 0 Å². The number of rotatable bonds is 4. The van der Waals surface area contributed by atoms with Gasteiger partial charge >= 0.3 is 0 Å². The van der Waals surface area contributed by atoms with E-state index in [2.05, 4.69) is 5.32 Å². The number of benzene rings is 2. The summed E-state index contributed by atoms with van der Waals surface area (Å²) >= 11 is 17.9. The maximum Gasteiger partial charge on any atom is 0.244 e. The summed E-state index contributed by atoms with van der Waals surface area (Å²) in [6, 6.07) is 9.92. The van der Waals surface area contributed by atoms with Gasteiger partial charge in [0.15, 0.2) is 0 Å². The molecule has 0 aliphatic carbocycles. The molecule has 0 saturated heterocycles. The van der Waals surface area contributed by atoms with Crippen LogP contribution in [0.5, 0.6) is 0 Å². The molecule has 2 aromatic carbocycles. The number of hydrogen-bond donors (Lipinski definition) is 1. The van der Waals surface area contributed by atoms with E-state index >= 15 is 0 Å². The molecule has 0 aliphatic heterocycles. The summed E-state index contributed by atoms with van der Waals surface area (Å²) in [6.45, 7) is 3.03.